The zero-order chi connectivity index (χ0) is 34.4. The lowest BCUT2D eigenvalue weighted by atomic mass is 9.99. The summed E-state index contributed by atoms with van der Waals surface area (Å²) in [6, 6.07) is 60.5. The van der Waals surface area contributed by atoms with E-state index in [2.05, 4.69) is 140 Å². The summed E-state index contributed by atoms with van der Waals surface area (Å²) < 4.78 is 0. The molecular weight excluding hydrogens is 635 g/mol. The zero-order valence-electron chi connectivity index (χ0n) is 28.0. The van der Waals surface area contributed by atoms with E-state index in [1.165, 1.54) is 0 Å². The molecule has 0 atom stereocenters. The molecule has 0 spiro atoms. The molecular formula is C47H29N5. The van der Waals surface area contributed by atoms with Crippen molar-refractivity contribution < 1.29 is 0 Å². The fourth-order valence-electron chi connectivity index (χ4n) is 7.09. The Hall–Kier alpha value is -7.11. The highest BCUT2D eigenvalue weighted by Crippen LogP contribution is 2.36. The second kappa shape index (κ2) is 12.3. The lowest BCUT2D eigenvalue weighted by Crippen LogP contribution is -2.01. The van der Waals surface area contributed by atoms with Crippen LogP contribution in [0.25, 0.3) is 100 Å². The third-order valence-electron chi connectivity index (χ3n) is 9.68. The topological polar surface area (TPSA) is 64.5 Å². The van der Waals surface area contributed by atoms with Crippen LogP contribution in [-0.4, -0.2) is 24.9 Å². The van der Waals surface area contributed by atoms with Crippen molar-refractivity contribution in [2.45, 2.75) is 0 Å². The number of pyridine rings is 2. The van der Waals surface area contributed by atoms with E-state index in [-0.39, 0.29) is 0 Å². The van der Waals surface area contributed by atoms with Crippen molar-refractivity contribution in [3.63, 3.8) is 0 Å². The van der Waals surface area contributed by atoms with Crippen LogP contribution in [0.3, 0.4) is 0 Å². The molecule has 0 saturated heterocycles. The van der Waals surface area contributed by atoms with Crippen LogP contribution in [0.4, 0.5) is 0 Å². The summed E-state index contributed by atoms with van der Waals surface area (Å²) in [7, 11) is 0. The van der Waals surface area contributed by atoms with Crippen molar-refractivity contribution in [3.05, 3.63) is 176 Å². The Morgan fingerprint density at radius 2 is 0.673 bits per heavy atom. The zero-order valence-corrected chi connectivity index (χ0v) is 28.0. The predicted octanol–water partition coefficient (Wildman–Crippen LogP) is 11.6. The van der Waals surface area contributed by atoms with Gasteiger partial charge in [0.15, 0.2) is 17.5 Å². The Balaban J connectivity index is 1.24. The molecule has 10 aromatic rings. The van der Waals surface area contributed by atoms with E-state index in [0.717, 1.165) is 82.6 Å². The van der Waals surface area contributed by atoms with Crippen LogP contribution < -0.4 is 0 Å². The molecule has 0 N–H and O–H groups in total. The van der Waals surface area contributed by atoms with Crippen LogP contribution in [-0.2, 0) is 0 Å². The van der Waals surface area contributed by atoms with Crippen LogP contribution in [0.5, 0.6) is 0 Å². The van der Waals surface area contributed by atoms with Gasteiger partial charge in [-0.1, -0.05) is 133 Å². The highest BCUT2D eigenvalue weighted by atomic mass is 15.0. The Labute approximate surface area is 300 Å². The van der Waals surface area contributed by atoms with Crippen molar-refractivity contribution in [1.29, 1.82) is 0 Å². The number of para-hydroxylation sites is 2. The van der Waals surface area contributed by atoms with Gasteiger partial charge in [0.05, 0.1) is 22.4 Å². The standard InChI is InChI=1S/C47H29N5/c1-5-17-37-30(11-1)15-9-19-39(37)46-50-45(51-47(52-46)40-20-10-16-31-12-2-6-18-38(31)40)36-28-34(43-25-23-32-13-3-7-21-41(32)48-43)27-35(29-36)44-26-24-33-14-4-8-22-42(33)49-44/h1-29H. The maximum absolute atomic E-state index is 5.24. The monoisotopic (exact) mass is 663 g/mol. The van der Waals surface area contributed by atoms with Crippen molar-refractivity contribution in [2.24, 2.45) is 0 Å². The number of hydrogen-bond donors (Lipinski definition) is 0. The Bertz CT molecular complexity index is 2780. The molecule has 0 aliphatic heterocycles. The maximum Gasteiger partial charge on any atom is 0.164 e. The Kier molecular flexibility index (Phi) is 7.07. The molecule has 0 radical (unpaired) electrons. The van der Waals surface area contributed by atoms with Gasteiger partial charge in [-0.3, -0.25) is 0 Å². The smallest absolute Gasteiger partial charge is 0.164 e. The van der Waals surface area contributed by atoms with Crippen LogP contribution in [0.2, 0.25) is 0 Å². The number of hydrogen-bond acceptors (Lipinski definition) is 5. The van der Waals surface area contributed by atoms with Crippen molar-refractivity contribution in [1.82, 2.24) is 24.9 Å². The van der Waals surface area contributed by atoms with Crippen LogP contribution in [0, 0.1) is 0 Å². The molecule has 3 heterocycles. The van der Waals surface area contributed by atoms with E-state index in [0.29, 0.717) is 17.5 Å². The van der Waals surface area contributed by atoms with E-state index in [1.54, 1.807) is 0 Å². The van der Waals surface area contributed by atoms with Gasteiger partial charge in [-0.25, -0.2) is 24.9 Å². The summed E-state index contributed by atoms with van der Waals surface area (Å²) >= 11 is 0. The minimum Gasteiger partial charge on any atom is -0.248 e. The molecule has 5 nitrogen and oxygen atoms in total. The summed E-state index contributed by atoms with van der Waals surface area (Å²) in [6.45, 7) is 0. The van der Waals surface area contributed by atoms with Crippen LogP contribution >= 0.6 is 0 Å². The summed E-state index contributed by atoms with van der Waals surface area (Å²) in [5, 5.41) is 6.61. The third-order valence-corrected chi connectivity index (χ3v) is 9.68. The first-order valence-electron chi connectivity index (χ1n) is 17.3. The molecule has 10 rings (SSSR count). The van der Waals surface area contributed by atoms with Gasteiger partial charge in [0.2, 0.25) is 0 Å². The highest BCUT2D eigenvalue weighted by Gasteiger charge is 2.18. The number of nitrogens with zero attached hydrogens (tertiary/aromatic N) is 5. The van der Waals surface area contributed by atoms with E-state index < -0.39 is 0 Å². The first kappa shape index (κ1) is 29.8. The fourth-order valence-corrected chi connectivity index (χ4v) is 7.09. The highest BCUT2D eigenvalue weighted by molar-refractivity contribution is 5.98. The summed E-state index contributed by atoms with van der Waals surface area (Å²) in [5.41, 5.74) is 8.25. The summed E-state index contributed by atoms with van der Waals surface area (Å²) in [6.07, 6.45) is 0. The molecule has 0 aliphatic carbocycles. The number of aromatic nitrogens is 5. The van der Waals surface area contributed by atoms with E-state index in [4.69, 9.17) is 24.9 Å². The van der Waals surface area contributed by atoms with Gasteiger partial charge < -0.3 is 0 Å². The molecule has 5 heteroatoms. The predicted molar refractivity (Wildman–Crippen MR) is 213 cm³/mol. The minimum absolute atomic E-state index is 0.575. The molecule has 0 unspecified atom stereocenters. The van der Waals surface area contributed by atoms with E-state index in [9.17, 15) is 0 Å². The number of rotatable bonds is 5. The first-order chi connectivity index (χ1) is 25.7. The molecule has 242 valence electrons. The average molecular weight is 664 g/mol. The SMILES string of the molecule is c1ccc2nc(-c3cc(-c4ccc5ccccc5n4)cc(-c4nc(-c5cccc6ccccc56)nc(-c5cccc6ccccc56)n4)c3)ccc2c1. The van der Waals surface area contributed by atoms with Gasteiger partial charge in [0.1, 0.15) is 0 Å². The molecule has 3 aromatic heterocycles. The van der Waals surface area contributed by atoms with Gasteiger partial charge >= 0.3 is 0 Å². The number of fused-ring (bicyclic) bond motifs is 4. The Morgan fingerprint density at radius 3 is 1.19 bits per heavy atom. The van der Waals surface area contributed by atoms with Crippen molar-refractivity contribution in [3.8, 4) is 56.7 Å². The van der Waals surface area contributed by atoms with Crippen LogP contribution in [0.1, 0.15) is 0 Å². The Morgan fingerprint density at radius 1 is 0.269 bits per heavy atom. The lowest BCUT2D eigenvalue weighted by Gasteiger charge is -2.14. The largest absolute Gasteiger partial charge is 0.248 e. The van der Waals surface area contributed by atoms with Gasteiger partial charge in [-0.2, -0.15) is 0 Å². The molecule has 52 heavy (non-hydrogen) atoms. The summed E-state index contributed by atoms with van der Waals surface area (Å²) in [5.74, 6) is 1.80. The molecule has 0 saturated carbocycles. The van der Waals surface area contributed by atoms with Crippen molar-refractivity contribution >= 4 is 43.4 Å². The second-order valence-corrected chi connectivity index (χ2v) is 12.9. The van der Waals surface area contributed by atoms with Gasteiger partial charge in [0, 0.05) is 38.6 Å². The van der Waals surface area contributed by atoms with E-state index in [1.807, 2.05) is 36.4 Å². The van der Waals surface area contributed by atoms with Gasteiger partial charge in [-0.05, 0) is 64.0 Å². The third kappa shape index (κ3) is 5.32. The molecule has 0 bridgehead atoms. The van der Waals surface area contributed by atoms with E-state index >= 15 is 0 Å². The molecule has 0 fully saturated rings. The lowest BCUT2D eigenvalue weighted by molar-refractivity contribution is 1.08. The van der Waals surface area contributed by atoms with Gasteiger partial charge in [0.25, 0.3) is 0 Å². The fraction of sp³-hybridized carbons (Fsp3) is 0. The molecule has 0 amide bonds. The van der Waals surface area contributed by atoms with Gasteiger partial charge in [-0.15, -0.1) is 0 Å². The summed E-state index contributed by atoms with van der Waals surface area (Å²) in [4.78, 5) is 25.8. The second-order valence-electron chi connectivity index (χ2n) is 12.9. The minimum atomic E-state index is 0.575. The first-order valence-corrected chi connectivity index (χ1v) is 17.3. The molecule has 0 aliphatic rings. The number of benzene rings is 7. The normalized spacial score (nSPS) is 11.5. The van der Waals surface area contributed by atoms with Crippen LogP contribution in [0.15, 0.2) is 176 Å². The quantitative estimate of drug-likeness (QED) is 0.183. The molecule has 7 aromatic carbocycles. The van der Waals surface area contributed by atoms with Crippen molar-refractivity contribution in [2.75, 3.05) is 0 Å². The maximum atomic E-state index is 5.24. The average Bonchev–Trinajstić information content (AvgIpc) is 3.22.